The molecule has 2 aromatic carbocycles. The number of rotatable bonds is 6. The van der Waals surface area contributed by atoms with Gasteiger partial charge >= 0.3 is 5.97 Å². The van der Waals surface area contributed by atoms with E-state index < -0.39 is 5.97 Å². The molecular weight excluding hydrogens is 334 g/mol. The Bertz CT molecular complexity index is 904. The van der Waals surface area contributed by atoms with Gasteiger partial charge in [-0.05, 0) is 36.4 Å². The summed E-state index contributed by atoms with van der Waals surface area (Å²) in [6.45, 7) is 0.449. The van der Waals surface area contributed by atoms with Crippen molar-refractivity contribution in [1.29, 1.82) is 0 Å². The second kappa shape index (κ2) is 7.60. The molecule has 0 saturated carbocycles. The summed E-state index contributed by atoms with van der Waals surface area (Å²) >= 11 is 0. The minimum Gasteiger partial charge on any atom is -0.478 e. The van der Waals surface area contributed by atoms with Gasteiger partial charge in [-0.1, -0.05) is 23.4 Å². The molecule has 0 atom stereocenters. The average molecular weight is 351 g/mol. The number of nitrogens with zero attached hydrogens (tertiary/aromatic N) is 3. The maximum atomic E-state index is 12.3. The summed E-state index contributed by atoms with van der Waals surface area (Å²) in [5, 5.41) is 12.8. The standard InChI is InChI=1S/C19H17N3O4/c1-22(18(23)14-5-3-2-4-6-14)12-11-16-20-17(26-21-16)13-7-9-15(10-8-13)19(24)25/h2-10H,11-12H2,1H3,(H,24,25). The highest BCUT2D eigenvalue weighted by atomic mass is 16.5. The number of carbonyl (C=O) groups excluding carboxylic acids is 1. The molecule has 0 aliphatic heterocycles. The Morgan fingerprint density at radius 3 is 2.38 bits per heavy atom. The van der Waals surface area contributed by atoms with Crippen molar-refractivity contribution in [2.75, 3.05) is 13.6 Å². The third-order valence-corrected chi connectivity index (χ3v) is 3.89. The second-order valence-corrected chi connectivity index (χ2v) is 5.74. The molecule has 0 aliphatic rings. The third-order valence-electron chi connectivity index (χ3n) is 3.89. The molecule has 0 unspecified atom stereocenters. The van der Waals surface area contributed by atoms with E-state index in [9.17, 15) is 9.59 Å². The van der Waals surface area contributed by atoms with Gasteiger partial charge in [-0.2, -0.15) is 4.98 Å². The van der Waals surface area contributed by atoms with Crippen LogP contribution in [-0.4, -0.2) is 45.6 Å². The van der Waals surface area contributed by atoms with E-state index in [0.29, 0.717) is 35.8 Å². The molecule has 0 aliphatic carbocycles. The smallest absolute Gasteiger partial charge is 0.335 e. The monoisotopic (exact) mass is 351 g/mol. The maximum absolute atomic E-state index is 12.3. The predicted octanol–water partition coefficient (Wildman–Crippen LogP) is 2.75. The lowest BCUT2D eigenvalue weighted by Gasteiger charge is -2.15. The van der Waals surface area contributed by atoms with Crippen molar-refractivity contribution >= 4 is 11.9 Å². The van der Waals surface area contributed by atoms with Crippen molar-refractivity contribution in [3.63, 3.8) is 0 Å². The van der Waals surface area contributed by atoms with Gasteiger partial charge in [0.1, 0.15) is 0 Å². The van der Waals surface area contributed by atoms with Crippen molar-refractivity contribution in [2.24, 2.45) is 0 Å². The van der Waals surface area contributed by atoms with Crippen LogP contribution in [0.25, 0.3) is 11.5 Å². The van der Waals surface area contributed by atoms with E-state index in [1.807, 2.05) is 18.2 Å². The van der Waals surface area contributed by atoms with Crippen molar-refractivity contribution in [3.8, 4) is 11.5 Å². The lowest BCUT2D eigenvalue weighted by Crippen LogP contribution is -2.29. The third kappa shape index (κ3) is 3.94. The van der Waals surface area contributed by atoms with Crippen LogP contribution >= 0.6 is 0 Å². The first-order chi connectivity index (χ1) is 12.5. The van der Waals surface area contributed by atoms with Crippen LogP contribution in [0.2, 0.25) is 0 Å². The quantitative estimate of drug-likeness (QED) is 0.733. The van der Waals surface area contributed by atoms with Crippen LogP contribution in [0.1, 0.15) is 26.5 Å². The highest BCUT2D eigenvalue weighted by molar-refractivity contribution is 5.94. The molecule has 1 amide bonds. The Balaban J connectivity index is 1.61. The van der Waals surface area contributed by atoms with Crippen LogP contribution in [0.3, 0.4) is 0 Å². The van der Waals surface area contributed by atoms with Crippen molar-refractivity contribution < 1.29 is 19.2 Å². The Hall–Kier alpha value is -3.48. The van der Waals surface area contributed by atoms with Crippen LogP contribution in [-0.2, 0) is 6.42 Å². The molecule has 0 radical (unpaired) electrons. The van der Waals surface area contributed by atoms with E-state index in [1.54, 1.807) is 36.2 Å². The SMILES string of the molecule is CN(CCc1noc(-c2ccc(C(=O)O)cc2)n1)C(=O)c1ccccc1. The van der Waals surface area contributed by atoms with Crippen molar-refractivity contribution in [2.45, 2.75) is 6.42 Å². The number of carboxylic acids is 1. The zero-order valence-corrected chi connectivity index (χ0v) is 14.1. The van der Waals surface area contributed by atoms with Crippen LogP contribution in [0, 0.1) is 0 Å². The number of aromatic nitrogens is 2. The highest BCUT2D eigenvalue weighted by Crippen LogP contribution is 2.18. The summed E-state index contributed by atoms with van der Waals surface area (Å²) in [5.74, 6) is -0.267. The molecule has 3 rings (SSSR count). The molecule has 3 aromatic rings. The minimum absolute atomic E-state index is 0.0708. The van der Waals surface area contributed by atoms with Crippen LogP contribution in [0.15, 0.2) is 59.1 Å². The molecule has 1 heterocycles. The summed E-state index contributed by atoms with van der Waals surface area (Å²) in [4.78, 5) is 29.1. The highest BCUT2D eigenvalue weighted by Gasteiger charge is 2.14. The number of benzene rings is 2. The fraction of sp³-hybridized carbons (Fsp3) is 0.158. The van der Waals surface area contributed by atoms with Crippen LogP contribution < -0.4 is 0 Å². The van der Waals surface area contributed by atoms with Gasteiger partial charge in [0.15, 0.2) is 5.82 Å². The van der Waals surface area contributed by atoms with E-state index >= 15 is 0 Å². The number of hydrogen-bond acceptors (Lipinski definition) is 5. The van der Waals surface area contributed by atoms with Crippen LogP contribution in [0.5, 0.6) is 0 Å². The van der Waals surface area contributed by atoms with E-state index in [1.165, 1.54) is 12.1 Å². The maximum Gasteiger partial charge on any atom is 0.335 e. The Morgan fingerprint density at radius 2 is 1.73 bits per heavy atom. The van der Waals surface area contributed by atoms with Gasteiger partial charge in [0, 0.05) is 31.1 Å². The number of carbonyl (C=O) groups is 2. The summed E-state index contributed by atoms with van der Waals surface area (Å²) in [7, 11) is 1.72. The summed E-state index contributed by atoms with van der Waals surface area (Å²) in [5.41, 5.74) is 1.46. The number of aromatic carboxylic acids is 1. The van der Waals surface area contributed by atoms with E-state index in [2.05, 4.69) is 10.1 Å². The van der Waals surface area contributed by atoms with Gasteiger partial charge in [-0.25, -0.2) is 4.79 Å². The zero-order valence-electron chi connectivity index (χ0n) is 14.1. The van der Waals surface area contributed by atoms with Gasteiger partial charge in [0.05, 0.1) is 5.56 Å². The lowest BCUT2D eigenvalue weighted by molar-refractivity contribution is 0.0696. The van der Waals surface area contributed by atoms with Gasteiger partial charge < -0.3 is 14.5 Å². The molecule has 1 aromatic heterocycles. The number of amides is 1. The molecule has 26 heavy (non-hydrogen) atoms. The Kier molecular flexibility index (Phi) is 5.07. The molecule has 0 bridgehead atoms. The fourth-order valence-electron chi connectivity index (χ4n) is 2.40. The molecule has 0 spiro atoms. The number of carboxylic acid groups (broad SMARTS) is 1. The normalized spacial score (nSPS) is 10.5. The molecule has 0 fully saturated rings. The van der Waals surface area contributed by atoms with Gasteiger partial charge in [0.2, 0.25) is 0 Å². The van der Waals surface area contributed by atoms with E-state index in [0.717, 1.165) is 0 Å². The van der Waals surface area contributed by atoms with Gasteiger partial charge in [-0.3, -0.25) is 4.79 Å². The molecule has 1 N–H and O–H groups in total. The fourth-order valence-corrected chi connectivity index (χ4v) is 2.40. The number of likely N-dealkylation sites (N-methyl/N-ethyl adjacent to an activating group) is 1. The molecule has 0 saturated heterocycles. The van der Waals surface area contributed by atoms with E-state index in [4.69, 9.17) is 9.63 Å². The largest absolute Gasteiger partial charge is 0.478 e. The molecular formula is C19H17N3O4. The van der Waals surface area contributed by atoms with Crippen LogP contribution in [0.4, 0.5) is 0 Å². The Morgan fingerprint density at radius 1 is 1.04 bits per heavy atom. The first-order valence-electron chi connectivity index (χ1n) is 8.01. The average Bonchev–Trinajstić information content (AvgIpc) is 3.15. The molecule has 132 valence electrons. The van der Waals surface area contributed by atoms with Crippen molar-refractivity contribution in [1.82, 2.24) is 15.0 Å². The number of hydrogen-bond donors (Lipinski definition) is 1. The molecule has 7 nitrogen and oxygen atoms in total. The summed E-state index contributed by atoms with van der Waals surface area (Å²) < 4.78 is 5.22. The first kappa shape index (κ1) is 17.3. The van der Waals surface area contributed by atoms with Crippen molar-refractivity contribution in [3.05, 3.63) is 71.5 Å². The second-order valence-electron chi connectivity index (χ2n) is 5.74. The van der Waals surface area contributed by atoms with E-state index in [-0.39, 0.29) is 11.5 Å². The topological polar surface area (TPSA) is 96.5 Å². The Labute approximate surface area is 149 Å². The summed E-state index contributed by atoms with van der Waals surface area (Å²) in [6, 6.07) is 15.2. The lowest BCUT2D eigenvalue weighted by atomic mass is 10.1. The summed E-state index contributed by atoms with van der Waals surface area (Å²) in [6.07, 6.45) is 0.450. The zero-order chi connectivity index (χ0) is 18.5. The minimum atomic E-state index is -0.992. The van der Waals surface area contributed by atoms with Gasteiger partial charge in [0.25, 0.3) is 11.8 Å². The first-order valence-corrected chi connectivity index (χ1v) is 8.01. The molecule has 7 heteroatoms. The predicted molar refractivity (Wildman–Crippen MR) is 93.8 cm³/mol. The van der Waals surface area contributed by atoms with Gasteiger partial charge in [-0.15, -0.1) is 0 Å².